The summed E-state index contributed by atoms with van der Waals surface area (Å²) in [5, 5.41) is 15.0. The Morgan fingerprint density at radius 1 is 1.15 bits per heavy atom. The van der Waals surface area contributed by atoms with Gasteiger partial charge in [0.05, 0.1) is 4.90 Å². The Morgan fingerprint density at radius 2 is 1.79 bits per heavy atom. The topological polar surface area (TPSA) is 109 Å². The molecule has 1 fully saturated rings. The maximum Gasteiger partial charge on any atom is 0.293 e. The summed E-state index contributed by atoms with van der Waals surface area (Å²) in [5.74, 6) is -0.545. The summed E-state index contributed by atoms with van der Waals surface area (Å²) in [6.45, 7) is 1.84. The number of sulfonamides is 1. The molecule has 1 aliphatic rings. The highest BCUT2D eigenvalue weighted by molar-refractivity contribution is 7.89. The van der Waals surface area contributed by atoms with E-state index in [1.54, 1.807) is 36.4 Å². The lowest BCUT2D eigenvalue weighted by Crippen LogP contribution is -2.53. The van der Waals surface area contributed by atoms with Gasteiger partial charge in [-0.15, -0.1) is 0 Å². The van der Waals surface area contributed by atoms with Crippen LogP contribution in [0.4, 0.5) is 5.69 Å². The van der Waals surface area contributed by atoms with Gasteiger partial charge in [-0.1, -0.05) is 29.8 Å². The summed E-state index contributed by atoms with van der Waals surface area (Å²) in [4.78, 5) is 21.1. The Kier molecular flexibility index (Phi) is 7.54. The van der Waals surface area contributed by atoms with E-state index < -0.39 is 28.6 Å². The summed E-state index contributed by atoms with van der Waals surface area (Å²) < 4.78 is 28.6. The highest BCUT2D eigenvalue weighted by Gasteiger charge is 2.41. The third kappa shape index (κ3) is 5.42. The number of aryl methyl sites for hydroxylation is 1. The average molecular weight is 476 g/mol. The van der Waals surface area contributed by atoms with Crippen LogP contribution in [0.3, 0.4) is 0 Å². The number of hydroxylamine groups is 1. The van der Waals surface area contributed by atoms with Crippen molar-refractivity contribution in [2.24, 2.45) is 5.28 Å². The molecular weight excluding hydrogens is 446 g/mol. The van der Waals surface area contributed by atoms with E-state index in [1.807, 2.05) is 38.1 Å². The number of benzene rings is 2. The van der Waals surface area contributed by atoms with Gasteiger partial charge in [0.1, 0.15) is 13.3 Å². The zero-order valence-electron chi connectivity index (χ0n) is 19.2. The first-order valence-corrected chi connectivity index (χ1v) is 11.9. The number of hydrogen-bond donors (Lipinski definition) is 0. The van der Waals surface area contributed by atoms with Gasteiger partial charge >= 0.3 is 0 Å². The maximum atomic E-state index is 13.6. The first-order chi connectivity index (χ1) is 15.6. The molecule has 1 saturated heterocycles. The van der Waals surface area contributed by atoms with Crippen LogP contribution in [-0.4, -0.2) is 69.2 Å². The predicted molar refractivity (Wildman–Crippen MR) is 123 cm³/mol. The van der Waals surface area contributed by atoms with E-state index in [1.165, 1.54) is 16.3 Å². The second-order valence-corrected chi connectivity index (χ2v) is 9.89. The molecule has 0 aliphatic carbocycles. The van der Waals surface area contributed by atoms with Crippen LogP contribution in [0.2, 0.25) is 0 Å². The van der Waals surface area contributed by atoms with Gasteiger partial charge in [0.2, 0.25) is 10.0 Å². The lowest BCUT2D eigenvalue weighted by molar-refractivity contribution is -0.547. The molecule has 33 heavy (non-hydrogen) atoms. The molecule has 1 heterocycles. The Hall–Kier alpha value is -3.18. The third-order valence-electron chi connectivity index (χ3n) is 5.44. The smallest absolute Gasteiger partial charge is 0.293 e. The molecule has 11 heteroatoms. The van der Waals surface area contributed by atoms with E-state index >= 15 is 0 Å². The quantitative estimate of drug-likeness (QED) is 0.346. The van der Waals surface area contributed by atoms with Crippen LogP contribution in [-0.2, 0) is 19.7 Å². The number of hydrogen-bond acceptors (Lipinski definition) is 7. The number of carbonyl (C=O) groups is 1. The van der Waals surface area contributed by atoms with Crippen molar-refractivity contribution in [3.8, 4) is 0 Å². The zero-order chi connectivity index (χ0) is 24.2. The SMILES string of the molecule is CO/N=[N+](\[O-])CC(=O)N1CCCN(S(=O)(=O)c2ccc(C)cc2)C1c1ccc(N(C)C)cc1. The number of anilines is 1. The Labute approximate surface area is 194 Å². The van der Waals surface area contributed by atoms with E-state index in [9.17, 15) is 18.4 Å². The van der Waals surface area contributed by atoms with Crippen LogP contribution in [0, 0.1) is 12.1 Å². The number of rotatable bonds is 7. The lowest BCUT2D eigenvalue weighted by atomic mass is 10.1. The van der Waals surface area contributed by atoms with Crippen molar-refractivity contribution < 1.29 is 22.9 Å². The van der Waals surface area contributed by atoms with Crippen molar-refractivity contribution in [2.45, 2.75) is 24.4 Å². The molecule has 0 bridgehead atoms. The molecule has 1 unspecified atom stereocenters. The maximum absolute atomic E-state index is 13.6. The van der Waals surface area contributed by atoms with E-state index in [-0.39, 0.29) is 16.3 Å². The molecule has 0 aromatic heterocycles. The van der Waals surface area contributed by atoms with Crippen LogP contribution >= 0.6 is 0 Å². The molecule has 178 valence electrons. The second-order valence-electron chi connectivity index (χ2n) is 8.00. The van der Waals surface area contributed by atoms with Crippen LogP contribution in [0.5, 0.6) is 0 Å². The van der Waals surface area contributed by atoms with Crippen LogP contribution in [0.15, 0.2) is 58.7 Å². The molecule has 0 spiro atoms. The molecule has 1 amide bonds. The fraction of sp³-hybridized carbons (Fsp3) is 0.409. The molecule has 1 aliphatic heterocycles. The third-order valence-corrected chi connectivity index (χ3v) is 7.31. The first kappa shape index (κ1) is 24.5. The van der Waals surface area contributed by atoms with Crippen molar-refractivity contribution >= 4 is 21.6 Å². The normalized spacial score (nSPS) is 17.6. The van der Waals surface area contributed by atoms with E-state index in [4.69, 9.17) is 0 Å². The van der Waals surface area contributed by atoms with E-state index in [2.05, 4.69) is 10.1 Å². The van der Waals surface area contributed by atoms with Gasteiger partial charge in [0.25, 0.3) is 12.5 Å². The minimum Gasteiger partial charge on any atom is -0.597 e. The first-order valence-electron chi connectivity index (χ1n) is 10.5. The summed E-state index contributed by atoms with van der Waals surface area (Å²) in [7, 11) is 1.10. The fourth-order valence-corrected chi connectivity index (χ4v) is 5.39. The Balaban J connectivity index is 2.05. The molecule has 2 aromatic rings. The molecule has 2 aromatic carbocycles. The molecule has 0 saturated carbocycles. The average Bonchev–Trinajstić information content (AvgIpc) is 2.79. The summed E-state index contributed by atoms with van der Waals surface area (Å²) >= 11 is 0. The Morgan fingerprint density at radius 3 is 2.36 bits per heavy atom. The molecule has 0 N–H and O–H groups in total. The Bertz CT molecular complexity index is 1100. The number of carbonyl (C=O) groups excluding carboxylic acids is 1. The number of nitrogens with zero attached hydrogens (tertiary/aromatic N) is 5. The largest absolute Gasteiger partial charge is 0.597 e. The highest BCUT2D eigenvalue weighted by atomic mass is 32.2. The van der Waals surface area contributed by atoms with Gasteiger partial charge in [-0.05, 0) is 48.0 Å². The van der Waals surface area contributed by atoms with Crippen LogP contribution < -0.4 is 4.90 Å². The van der Waals surface area contributed by atoms with Crippen molar-refractivity contribution in [2.75, 3.05) is 45.7 Å². The summed E-state index contributed by atoms with van der Waals surface area (Å²) in [6, 6.07) is 13.9. The van der Waals surface area contributed by atoms with Gasteiger partial charge in [0, 0.05) is 32.9 Å². The standard InChI is InChI=1S/C22H29N5O5S/c1-17-6-12-20(13-7-17)33(30,31)26-15-5-14-25(21(28)16-27(29)23-32-4)22(26)18-8-10-19(11-9-18)24(2)3/h6-13,22H,5,14-16H2,1-4H3/b27-23-. The minimum atomic E-state index is -3.92. The minimum absolute atomic E-state index is 0.141. The monoisotopic (exact) mass is 475 g/mol. The van der Waals surface area contributed by atoms with Gasteiger partial charge < -0.3 is 19.8 Å². The van der Waals surface area contributed by atoms with E-state index in [0.29, 0.717) is 18.5 Å². The molecule has 1 atom stereocenters. The van der Waals surface area contributed by atoms with Gasteiger partial charge in [0.15, 0.2) is 5.28 Å². The summed E-state index contributed by atoms with van der Waals surface area (Å²) in [5.41, 5.74) is 2.51. The molecular formula is C22H29N5O5S. The van der Waals surface area contributed by atoms with Crippen molar-refractivity contribution in [1.29, 1.82) is 0 Å². The van der Waals surface area contributed by atoms with Gasteiger partial charge in [-0.25, -0.2) is 8.42 Å². The summed E-state index contributed by atoms with van der Waals surface area (Å²) in [6.07, 6.45) is -0.464. The number of amides is 1. The van der Waals surface area contributed by atoms with Crippen LogP contribution in [0.1, 0.15) is 23.7 Å². The van der Waals surface area contributed by atoms with Crippen molar-refractivity contribution in [3.05, 3.63) is 64.9 Å². The van der Waals surface area contributed by atoms with Crippen LogP contribution in [0.25, 0.3) is 0 Å². The van der Waals surface area contributed by atoms with Gasteiger partial charge in [-0.2, -0.15) is 4.31 Å². The second kappa shape index (κ2) is 10.2. The fourth-order valence-electron chi connectivity index (χ4n) is 3.77. The van der Waals surface area contributed by atoms with Crippen molar-refractivity contribution in [3.63, 3.8) is 0 Å². The van der Waals surface area contributed by atoms with Gasteiger partial charge in [-0.3, -0.25) is 4.79 Å². The highest BCUT2D eigenvalue weighted by Crippen LogP contribution is 2.35. The van der Waals surface area contributed by atoms with E-state index in [0.717, 1.165) is 11.3 Å². The van der Waals surface area contributed by atoms with Crippen molar-refractivity contribution in [1.82, 2.24) is 9.21 Å². The zero-order valence-corrected chi connectivity index (χ0v) is 20.0. The lowest BCUT2D eigenvalue weighted by Gasteiger charge is -2.42. The molecule has 3 rings (SSSR count). The molecule has 10 nitrogen and oxygen atoms in total. The molecule has 0 radical (unpaired) electrons. The predicted octanol–water partition coefficient (Wildman–Crippen LogP) is 2.51.